The third-order valence-electron chi connectivity index (χ3n) is 1.48. The quantitative estimate of drug-likeness (QED) is 0.745. The highest BCUT2D eigenvalue weighted by Crippen LogP contribution is 2.19. The number of carbonyl (C=O) groups is 1. The minimum Gasteiger partial charge on any atom is -0.366 e. The van der Waals surface area contributed by atoms with Gasteiger partial charge in [-0.15, -0.1) is 11.8 Å². The standard InChI is InChI=1S/C9H12N2OS/c1-2-6-13-9-7(8(10)12)4-3-5-11-9/h3-5H,2,6H2,1H3,(H2,10,12). The maximum atomic E-state index is 11.0. The van der Waals surface area contributed by atoms with Gasteiger partial charge in [0.25, 0.3) is 5.91 Å². The van der Waals surface area contributed by atoms with E-state index in [0.717, 1.165) is 17.2 Å². The Hall–Kier alpha value is -1.03. The van der Waals surface area contributed by atoms with Crippen LogP contribution >= 0.6 is 11.8 Å². The van der Waals surface area contributed by atoms with Gasteiger partial charge in [-0.05, 0) is 24.3 Å². The molecule has 4 heteroatoms. The Bertz CT molecular complexity index is 301. The van der Waals surface area contributed by atoms with E-state index in [1.807, 2.05) is 0 Å². The first-order valence-electron chi connectivity index (χ1n) is 4.13. The number of hydrogen-bond donors (Lipinski definition) is 1. The molecule has 13 heavy (non-hydrogen) atoms. The molecular formula is C9H12N2OS. The van der Waals surface area contributed by atoms with Crippen molar-refractivity contribution in [3.8, 4) is 0 Å². The Labute approximate surface area is 81.7 Å². The Morgan fingerprint density at radius 3 is 3.08 bits per heavy atom. The van der Waals surface area contributed by atoms with Gasteiger partial charge in [0.1, 0.15) is 5.03 Å². The van der Waals surface area contributed by atoms with Gasteiger partial charge in [0.05, 0.1) is 5.56 Å². The second-order valence-corrected chi connectivity index (χ2v) is 3.65. The number of amides is 1. The molecule has 1 amide bonds. The Morgan fingerprint density at radius 2 is 2.46 bits per heavy atom. The van der Waals surface area contributed by atoms with Crippen LogP contribution in [0.25, 0.3) is 0 Å². The van der Waals surface area contributed by atoms with Crippen LogP contribution in [0.2, 0.25) is 0 Å². The average Bonchev–Trinajstić information content (AvgIpc) is 2.15. The highest BCUT2D eigenvalue weighted by molar-refractivity contribution is 7.99. The molecule has 0 saturated heterocycles. The SMILES string of the molecule is CCCSc1ncccc1C(N)=O. The molecule has 70 valence electrons. The lowest BCUT2D eigenvalue weighted by atomic mass is 10.3. The molecule has 0 aliphatic heterocycles. The highest BCUT2D eigenvalue weighted by Gasteiger charge is 2.07. The second-order valence-electron chi connectivity index (χ2n) is 2.57. The summed E-state index contributed by atoms with van der Waals surface area (Å²) in [6.07, 6.45) is 2.73. The van der Waals surface area contributed by atoms with Crippen molar-refractivity contribution >= 4 is 17.7 Å². The first-order valence-corrected chi connectivity index (χ1v) is 5.12. The number of hydrogen-bond acceptors (Lipinski definition) is 3. The van der Waals surface area contributed by atoms with Crippen molar-refractivity contribution in [3.05, 3.63) is 23.9 Å². The van der Waals surface area contributed by atoms with E-state index in [2.05, 4.69) is 11.9 Å². The Kier molecular flexibility index (Phi) is 3.76. The molecule has 1 heterocycles. The molecule has 1 aromatic heterocycles. The van der Waals surface area contributed by atoms with Crippen molar-refractivity contribution in [2.75, 3.05) is 5.75 Å². The molecule has 1 rings (SSSR count). The maximum Gasteiger partial charge on any atom is 0.251 e. The van der Waals surface area contributed by atoms with Gasteiger partial charge in [0.2, 0.25) is 0 Å². The van der Waals surface area contributed by atoms with E-state index < -0.39 is 5.91 Å². The molecule has 2 N–H and O–H groups in total. The van der Waals surface area contributed by atoms with Gasteiger partial charge in [-0.3, -0.25) is 4.79 Å². The van der Waals surface area contributed by atoms with E-state index in [9.17, 15) is 4.79 Å². The summed E-state index contributed by atoms with van der Waals surface area (Å²) >= 11 is 1.56. The summed E-state index contributed by atoms with van der Waals surface area (Å²) in [5.41, 5.74) is 5.71. The largest absolute Gasteiger partial charge is 0.366 e. The van der Waals surface area contributed by atoms with Gasteiger partial charge in [-0.2, -0.15) is 0 Å². The normalized spacial score (nSPS) is 9.92. The number of nitrogens with zero attached hydrogens (tertiary/aromatic N) is 1. The predicted molar refractivity (Wildman–Crippen MR) is 53.8 cm³/mol. The molecule has 0 aromatic carbocycles. The predicted octanol–water partition coefficient (Wildman–Crippen LogP) is 1.68. The van der Waals surface area contributed by atoms with E-state index in [4.69, 9.17) is 5.73 Å². The smallest absolute Gasteiger partial charge is 0.251 e. The molecule has 0 atom stereocenters. The molecule has 3 nitrogen and oxygen atoms in total. The zero-order valence-corrected chi connectivity index (χ0v) is 8.30. The number of primary amides is 1. The van der Waals surface area contributed by atoms with Crippen LogP contribution in [0.15, 0.2) is 23.4 Å². The van der Waals surface area contributed by atoms with Crippen LogP contribution in [0, 0.1) is 0 Å². The van der Waals surface area contributed by atoms with Crippen LogP contribution in [0.5, 0.6) is 0 Å². The number of thioether (sulfide) groups is 1. The summed E-state index contributed by atoms with van der Waals surface area (Å²) in [5, 5.41) is 0.733. The van der Waals surface area contributed by atoms with Gasteiger partial charge in [-0.1, -0.05) is 6.92 Å². The second kappa shape index (κ2) is 4.87. The number of aromatic nitrogens is 1. The molecule has 0 spiro atoms. The summed E-state index contributed by atoms with van der Waals surface area (Å²) in [6.45, 7) is 2.08. The van der Waals surface area contributed by atoms with Crippen LogP contribution in [0.4, 0.5) is 0 Å². The van der Waals surface area contributed by atoms with Crippen molar-refractivity contribution in [2.45, 2.75) is 18.4 Å². The highest BCUT2D eigenvalue weighted by atomic mass is 32.2. The fourth-order valence-corrected chi connectivity index (χ4v) is 1.75. The van der Waals surface area contributed by atoms with Crippen LogP contribution < -0.4 is 5.73 Å². The lowest BCUT2D eigenvalue weighted by molar-refractivity contribution is 0.0997. The van der Waals surface area contributed by atoms with Gasteiger partial charge in [0, 0.05) is 6.20 Å². The summed E-state index contributed by atoms with van der Waals surface area (Å²) in [6, 6.07) is 3.42. The van der Waals surface area contributed by atoms with E-state index >= 15 is 0 Å². The van der Waals surface area contributed by atoms with Crippen LogP contribution in [-0.2, 0) is 0 Å². The molecule has 0 aliphatic carbocycles. The Morgan fingerprint density at radius 1 is 1.69 bits per heavy atom. The average molecular weight is 196 g/mol. The molecule has 1 aromatic rings. The summed E-state index contributed by atoms with van der Waals surface area (Å²) in [7, 11) is 0. The molecule has 0 bridgehead atoms. The van der Waals surface area contributed by atoms with E-state index in [1.165, 1.54) is 0 Å². The lowest BCUT2D eigenvalue weighted by Gasteiger charge is -2.02. The lowest BCUT2D eigenvalue weighted by Crippen LogP contribution is -2.12. The third-order valence-corrected chi connectivity index (χ3v) is 2.69. The topological polar surface area (TPSA) is 56.0 Å². The fourth-order valence-electron chi connectivity index (χ4n) is 0.892. The molecule has 0 radical (unpaired) electrons. The summed E-state index contributed by atoms with van der Waals surface area (Å²) in [5.74, 6) is 0.545. The first kappa shape index (κ1) is 10.1. The monoisotopic (exact) mass is 196 g/mol. The van der Waals surface area contributed by atoms with Crippen LogP contribution in [-0.4, -0.2) is 16.6 Å². The summed E-state index contributed by atoms with van der Waals surface area (Å²) in [4.78, 5) is 15.1. The van der Waals surface area contributed by atoms with Gasteiger partial charge in [-0.25, -0.2) is 4.98 Å². The minimum atomic E-state index is -0.410. The van der Waals surface area contributed by atoms with Crippen molar-refractivity contribution in [3.63, 3.8) is 0 Å². The molecule has 0 unspecified atom stereocenters. The Balaban J connectivity index is 2.84. The van der Waals surface area contributed by atoms with Gasteiger partial charge >= 0.3 is 0 Å². The van der Waals surface area contributed by atoms with Gasteiger partial charge in [0.15, 0.2) is 0 Å². The van der Waals surface area contributed by atoms with E-state index in [1.54, 1.807) is 30.1 Å². The first-order chi connectivity index (χ1) is 6.25. The zero-order chi connectivity index (χ0) is 9.68. The van der Waals surface area contributed by atoms with Crippen molar-refractivity contribution in [1.82, 2.24) is 4.98 Å². The third kappa shape index (κ3) is 2.73. The number of carbonyl (C=O) groups excluding carboxylic acids is 1. The van der Waals surface area contributed by atoms with E-state index in [0.29, 0.717) is 5.56 Å². The van der Waals surface area contributed by atoms with Crippen LogP contribution in [0.1, 0.15) is 23.7 Å². The number of rotatable bonds is 4. The molecule has 0 aliphatic rings. The minimum absolute atomic E-state index is 0.410. The fraction of sp³-hybridized carbons (Fsp3) is 0.333. The number of pyridine rings is 1. The molecule has 0 fully saturated rings. The zero-order valence-electron chi connectivity index (χ0n) is 7.49. The maximum absolute atomic E-state index is 11.0. The van der Waals surface area contributed by atoms with E-state index in [-0.39, 0.29) is 0 Å². The molecule has 0 saturated carbocycles. The van der Waals surface area contributed by atoms with Crippen molar-refractivity contribution in [2.24, 2.45) is 5.73 Å². The summed E-state index contributed by atoms with van der Waals surface area (Å²) < 4.78 is 0. The molecular weight excluding hydrogens is 184 g/mol. The van der Waals surface area contributed by atoms with Crippen molar-refractivity contribution in [1.29, 1.82) is 0 Å². The van der Waals surface area contributed by atoms with Crippen LogP contribution in [0.3, 0.4) is 0 Å². The number of nitrogens with two attached hydrogens (primary N) is 1. The van der Waals surface area contributed by atoms with Crippen molar-refractivity contribution < 1.29 is 4.79 Å². The van der Waals surface area contributed by atoms with Gasteiger partial charge < -0.3 is 5.73 Å².